The van der Waals surface area contributed by atoms with Crippen molar-refractivity contribution in [3.63, 3.8) is 0 Å². The van der Waals surface area contributed by atoms with Crippen LogP contribution in [0.25, 0.3) is 0 Å². The highest BCUT2D eigenvalue weighted by molar-refractivity contribution is 4.82. The van der Waals surface area contributed by atoms with Crippen LogP contribution in [0.1, 0.15) is 206 Å². The Bertz CT molecular complexity index is 591. The third kappa shape index (κ3) is 25.5. The van der Waals surface area contributed by atoms with Crippen LogP contribution in [-0.2, 0) is 9.47 Å². The van der Waals surface area contributed by atoms with Gasteiger partial charge in [-0.3, -0.25) is 0 Å². The average Bonchev–Trinajstić information content (AvgIpc) is 3.38. The van der Waals surface area contributed by atoms with Gasteiger partial charge in [0.1, 0.15) is 0 Å². The first-order valence-electron chi connectivity index (χ1n) is 19.7. The van der Waals surface area contributed by atoms with Gasteiger partial charge < -0.3 is 14.4 Å². The first-order valence-corrected chi connectivity index (χ1v) is 19.7. The van der Waals surface area contributed by atoms with E-state index in [1.165, 1.54) is 180 Å². The first kappa shape index (κ1) is 40.6. The second kappa shape index (κ2) is 30.3. The van der Waals surface area contributed by atoms with Gasteiger partial charge in [0.2, 0.25) is 0 Å². The molecule has 0 spiro atoms. The molecule has 0 radical (unpaired) electrons. The predicted molar refractivity (Wildman–Crippen MR) is 191 cm³/mol. The number of hydrogen-bond acceptors (Lipinski definition) is 3. The van der Waals surface area contributed by atoms with E-state index in [1.807, 2.05) is 0 Å². The van der Waals surface area contributed by atoms with E-state index in [2.05, 4.69) is 45.0 Å². The Balaban J connectivity index is 2.09. The van der Waals surface area contributed by atoms with Crippen molar-refractivity contribution in [1.82, 2.24) is 4.90 Å². The molecule has 43 heavy (non-hydrogen) atoms. The maximum atomic E-state index is 6.63. The molecule has 256 valence electrons. The Kier molecular flexibility index (Phi) is 28.6. The number of unbranched alkanes of at least 4 members (excludes halogenated alkanes) is 25. The monoisotopic (exact) mass is 606 g/mol. The lowest BCUT2D eigenvalue weighted by atomic mass is 9.98. The minimum atomic E-state index is -0.307. The normalized spacial score (nSPS) is 19.0. The topological polar surface area (TPSA) is 21.7 Å². The summed E-state index contributed by atoms with van der Waals surface area (Å²) >= 11 is 0. The van der Waals surface area contributed by atoms with E-state index < -0.39 is 0 Å². The van der Waals surface area contributed by atoms with Gasteiger partial charge in [0.25, 0.3) is 0 Å². The zero-order chi connectivity index (χ0) is 31.1. The van der Waals surface area contributed by atoms with Crippen molar-refractivity contribution in [2.75, 3.05) is 27.2 Å². The van der Waals surface area contributed by atoms with Gasteiger partial charge in [-0.15, -0.1) is 0 Å². The lowest BCUT2D eigenvalue weighted by molar-refractivity contribution is -0.180. The van der Waals surface area contributed by atoms with Crippen molar-refractivity contribution in [1.29, 1.82) is 0 Å². The molecule has 1 saturated heterocycles. The lowest BCUT2D eigenvalue weighted by Gasteiger charge is -2.29. The van der Waals surface area contributed by atoms with Crippen molar-refractivity contribution < 1.29 is 9.47 Å². The molecule has 0 aromatic heterocycles. The van der Waals surface area contributed by atoms with E-state index >= 15 is 0 Å². The standard InChI is InChI=1S/C40H79NO2/c1-5-7-9-11-13-15-17-19-21-23-25-27-29-31-33-35-40(42-38-39(43-40)37-41(3)4)36-34-32-30-28-26-24-22-20-18-16-14-12-10-8-6-2/h17,19,39H,5-16,18,20-38H2,1-4H3. The van der Waals surface area contributed by atoms with Crippen LogP contribution in [-0.4, -0.2) is 44.0 Å². The summed E-state index contributed by atoms with van der Waals surface area (Å²) in [4.78, 5) is 2.24. The lowest BCUT2D eigenvalue weighted by Crippen LogP contribution is -2.33. The Morgan fingerprint density at radius 1 is 0.512 bits per heavy atom. The van der Waals surface area contributed by atoms with Crippen LogP contribution in [0.5, 0.6) is 0 Å². The van der Waals surface area contributed by atoms with Gasteiger partial charge in [-0.1, -0.05) is 167 Å². The molecule has 0 saturated carbocycles. The van der Waals surface area contributed by atoms with Gasteiger partial charge in [0.15, 0.2) is 5.79 Å². The van der Waals surface area contributed by atoms with Crippen LogP contribution < -0.4 is 0 Å². The highest BCUT2D eigenvalue weighted by atomic mass is 16.7. The summed E-state index contributed by atoms with van der Waals surface area (Å²) in [5, 5.41) is 0. The maximum Gasteiger partial charge on any atom is 0.168 e. The van der Waals surface area contributed by atoms with Crippen molar-refractivity contribution in [2.24, 2.45) is 0 Å². The third-order valence-corrected chi connectivity index (χ3v) is 9.46. The largest absolute Gasteiger partial charge is 0.347 e. The molecular weight excluding hydrogens is 526 g/mol. The van der Waals surface area contributed by atoms with E-state index in [4.69, 9.17) is 9.47 Å². The van der Waals surface area contributed by atoms with Gasteiger partial charge in [0.05, 0.1) is 12.7 Å². The Morgan fingerprint density at radius 2 is 0.860 bits per heavy atom. The van der Waals surface area contributed by atoms with Crippen LogP contribution in [0.15, 0.2) is 12.2 Å². The molecule has 2 unspecified atom stereocenters. The number of hydrogen-bond donors (Lipinski definition) is 0. The number of allylic oxidation sites excluding steroid dienone is 2. The molecule has 1 fully saturated rings. The van der Waals surface area contributed by atoms with Crippen LogP contribution in [0.4, 0.5) is 0 Å². The van der Waals surface area contributed by atoms with E-state index in [1.54, 1.807) is 0 Å². The SMILES string of the molecule is CCCCCCCC=CCCCCCCCCC1(CCCCCCCCCCCCCCCCC)OCC(CN(C)C)O1. The van der Waals surface area contributed by atoms with E-state index in [-0.39, 0.29) is 11.9 Å². The number of nitrogens with zero attached hydrogens (tertiary/aromatic N) is 1. The van der Waals surface area contributed by atoms with Crippen molar-refractivity contribution in [2.45, 2.75) is 218 Å². The Morgan fingerprint density at radius 3 is 1.23 bits per heavy atom. The molecular formula is C40H79NO2. The molecule has 0 aliphatic carbocycles. The quantitative estimate of drug-likeness (QED) is 0.0548. The molecule has 1 rings (SSSR count). The summed E-state index contributed by atoms with van der Waals surface area (Å²) in [6.45, 7) is 6.33. The fraction of sp³-hybridized carbons (Fsp3) is 0.950. The summed E-state index contributed by atoms with van der Waals surface area (Å²) < 4.78 is 13.1. The minimum absolute atomic E-state index is 0.232. The van der Waals surface area contributed by atoms with E-state index in [0.717, 1.165) is 26.0 Å². The maximum absolute atomic E-state index is 6.63. The summed E-state index contributed by atoms with van der Waals surface area (Å²) in [5.74, 6) is -0.307. The Hall–Kier alpha value is -0.380. The third-order valence-electron chi connectivity index (χ3n) is 9.46. The number of ether oxygens (including phenoxy) is 2. The van der Waals surface area contributed by atoms with Gasteiger partial charge in [0, 0.05) is 19.4 Å². The molecule has 2 atom stereocenters. The molecule has 3 nitrogen and oxygen atoms in total. The second-order valence-electron chi connectivity index (χ2n) is 14.3. The molecule has 3 heteroatoms. The molecule has 0 aromatic carbocycles. The van der Waals surface area contributed by atoms with Gasteiger partial charge in [-0.2, -0.15) is 0 Å². The second-order valence-corrected chi connectivity index (χ2v) is 14.3. The highest BCUT2D eigenvalue weighted by Crippen LogP contribution is 2.35. The van der Waals surface area contributed by atoms with Crippen LogP contribution >= 0.6 is 0 Å². The number of rotatable bonds is 33. The fourth-order valence-electron chi connectivity index (χ4n) is 6.73. The average molecular weight is 606 g/mol. The summed E-state index contributed by atoms with van der Waals surface area (Å²) in [6.07, 6.45) is 46.0. The molecule has 1 aliphatic rings. The van der Waals surface area contributed by atoms with Crippen molar-refractivity contribution >= 4 is 0 Å². The van der Waals surface area contributed by atoms with Crippen LogP contribution in [0, 0.1) is 0 Å². The predicted octanol–water partition coefficient (Wildman–Crippen LogP) is 13.0. The van der Waals surface area contributed by atoms with E-state index in [0.29, 0.717) is 0 Å². The zero-order valence-electron chi connectivity index (χ0n) is 30.1. The van der Waals surface area contributed by atoms with E-state index in [9.17, 15) is 0 Å². The van der Waals surface area contributed by atoms with Crippen molar-refractivity contribution in [3.8, 4) is 0 Å². The first-order chi connectivity index (χ1) is 21.1. The highest BCUT2D eigenvalue weighted by Gasteiger charge is 2.40. The van der Waals surface area contributed by atoms with Gasteiger partial charge in [-0.25, -0.2) is 0 Å². The number of likely N-dealkylation sites (N-methyl/N-ethyl adjacent to an activating group) is 1. The van der Waals surface area contributed by atoms with Crippen LogP contribution in [0.3, 0.4) is 0 Å². The van der Waals surface area contributed by atoms with Crippen LogP contribution in [0.2, 0.25) is 0 Å². The zero-order valence-corrected chi connectivity index (χ0v) is 30.1. The van der Waals surface area contributed by atoms with Gasteiger partial charge in [-0.05, 0) is 52.6 Å². The fourth-order valence-corrected chi connectivity index (χ4v) is 6.73. The Labute approximate surface area is 271 Å². The summed E-state index contributed by atoms with van der Waals surface area (Å²) in [5.41, 5.74) is 0. The van der Waals surface area contributed by atoms with Crippen molar-refractivity contribution in [3.05, 3.63) is 12.2 Å². The molecule has 1 heterocycles. The summed E-state index contributed by atoms with van der Waals surface area (Å²) in [7, 11) is 4.28. The molecule has 0 bridgehead atoms. The minimum Gasteiger partial charge on any atom is -0.347 e. The smallest absolute Gasteiger partial charge is 0.168 e. The summed E-state index contributed by atoms with van der Waals surface area (Å²) in [6, 6.07) is 0. The molecule has 0 amide bonds. The molecule has 0 aromatic rings. The molecule has 1 aliphatic heterocycles. The van der Waals surface area contributed by atoms with Gasteiger partial charge >= 0.3 is 0 Å². The molecule has 0 N–H and O–H groups in total.